The average Bonchev–Trinajstić information content (AvgIpc) is 2.49. The zero-order valence-corrected chi connectivity index (χ0v) is 11.0. The van der Waals surface area contributed by atoms with E-state index in [2.05, 4.69) is 26.1 Å². The summed E-state index contributed by atoms with van der Waals surface area (Å²) in [7, 11) is 0. The summed E-state index contributed by atoms with van der Waals surface area (Å²) in [5.41, 5.74) is 0. The van der Waals surface area contributed by atoms with Crippen LogP contribution in [0.5, 0.6) is 0 Å². The van der Waals surface area contributed by atoms with Crippen molar-refractivity contribution in [2.75, 3.05) is 12.3 Å². The van der Waals surface area contributed by atoms with E-state index in [1.807, 2.05) is 17.8 Å². The van der Waals surface area contributed by atoms with Gasteiger partial charge in [0.2, 0.25) is 0 Å². The molecule has 1 aromatic heterocycles. The fraction of sp³-hybridized carbons (Fsp3) is 0.636. The Hall–Kier alpha value is -0.120. The highest BCUT2D eigenvalue weighted by Crippen LogP contribution is 2.22. The predicted molar refractivity (Wildman–Crippen MR) is 67.6 cm³/mol. The predicted octanol–water partition coefficient (Wildman–Crippen LogP) is 3.55. The first-order valence-electron chi connectivity index (χ1n) is 5.06. The van der Waals surface area contributed by atoms with Crippen molar-refractivity contribution < 1.29 is 4.42 Å². The lowest BCUT2D eigenvalue weighted by molar-refractivity contribution is 0.489. The van der Waals surface area contributed by atoms with Gasteiger partial charge in [0, 0.05) is 17.0 Å². The SMILES string of the molecule is CC(C)(C)SCCNCc1ccc(Cl)o1. The van der Waals surface area contributed by atoms with Gasteiger partial charge in [0.05, 0.1) is 6.54 Å². The second kappa shape index (κ2) is 5.83. The normalized spacial score (nSPS) is 12.0. The van der Waals surface area contributed by atoms with Crippen LogP contribution in [0, 0.1) is 0 Å². The molecule has 1 aromatic rings. The highest BCUT2D eigenvalue weighted by molar-refractivity contribution is 8.00. The Morgan fingerprint density at radius 1 is 1.40 bits per heavy atom. The van der Waals surface area contributed by atoms with Crippen molar-refractivity contribution in [1.29, 1.82) is 0 Å². The Kier molecular flexibility index (Phi) is 5.03. The summed E-state index contributed by atoms with van der Waals surface area (Å²) >= 11 is 7.62. The van der Waals surface area contributed by atoms with Gasteiger partial charge < -0.3 is 9.73 Å². The first-order valence-corrected chi connectivity index (χ1v) is 6.42. The molecule has 0 bridgehead atoms. The van der Waals surface area contributed by atoms with Crippen molar-refractivity contribution in [1.82, 2.24) is 5.32 Å². The average molecular weight is 248 g/mol. The van der Waals surface area contributed by atoms with Gasteiger partial charge in [-0.2, -0.15) is 11.8 Å². The molecule has 2 nitrogen and oxygen atoms in total. The Labute approximate surface area is 101 Å². The van der Waals surface area contributed by atoms with Crippen LogP contribution < -0.4 is 5.32 Å². The topological polar surface area (TPSA) is 25.2 Å². The molecule has 0 aliphatic heterocycles. The van der Waals surface area contributed by atoms with E-state index in [1.165, 1.54) is 0 Å². The third kappa shape index (κ3) is 6.13. The van der Waals surface area contributed by atoms with Gasteiger partial charge in [-0.1, -0.05) is 20.8 Å². The molecule has 0 aliphatic rings. The number of nitrogens with one attached hydrogen (secondary N) is 1. The lowest BCUT2D eigenvalue weighted by Crippen LogP contribution is -2.19. The third-order valence-corrected chi connectivity index (χ3v) is 3.22. The molecule has 15 heavy (non-hydrogen) atoms. The minimum Gasteiger partial charge on any atom is -0.448 e. The maximum Gasteiger partial charge on any atom is 0.193 e. The van der Waals surface area contributed by atoms with Gasteiger partial charge in [-0.3, -0.25) is 0 Å². The molecule has 86 valence electrons. The van der Waals surface area contributed by atoms with Crippen LogP contribution in [0.25, 0.3) is 0 Å². The van der Waals surface area contributed by atoms with Gasteiger partial charge in [-0.15, -0.1) is 0 Å². The first-order chi connectivity index (χ1) is 6.97. The molecule has 1 N–H and O–H groups in total. The number of thioether (sulfide) groups is 1. The van der Waals surface area contributed by atoms with E-state index in [0.717, 1.165) is 24.6 Å². The molecule has 0 unspecified atom stereocenters. The molecule has 0 fully saturated rings. The molecule has 0 aliphatic carbocycles. The zero-order valence-electron chi connectivity index (χ0n) is 9.47. The van der Waals surface area contributed by atoms with Crippen LogP contribution in [0.2, 0.25) is 5.22 Å². The molecule has 0 atom stereocenters. The van der Waals surface area contributed by atoms with Crippen molar-refractivity contribution >= 4 is 23.4 Å². The lowest BCUT2D eigenvalue weighted by atomic mass is 10.3. The molecule has 0 amide bonds. The minimum atomic E-state index is 0.343. The zero-order chi connectivity index (χ0) is 11.3. The van der Waals surface area contributed by atoms with E-state index < -0.39 is 0 Å². The molecule has 1 rings (SSSR count). The third-order valence-electron chi connectivity index (χ3n) is 1.74. The van der Waals surface area contributed by atoms with E-state index >= 15 is 0 Å². The number of furan rings is 1. The second-order valence-corrected chi connectivity index (χ2v) is 6.64. The number of hydrogen-bond acceptors (Lipinski definition) is 3. The number of halogens is 1. The van der Waals surface area contributed by atoms with E-state index in [4.69, 9.17) is 16.0 Å². The van der Waals surface area contributed by atoms with Crippen molar-refractivity contribution in [2.24, 2.45) is 0 Å². The summed E-state index contributed by atoms with van der Waals surface area (Å²) < 4.78 is 5.57. The van der Waals surface area contributed by atoms with E-state index in [1.54, 1.807) is 6.07 Å². The van der Waals surface area contributed by atoms with Crippen LogP contribution in [0.4, 0.5) is 0 Å². The summed E-state index contributed by atoms with van der Waals surface area (Å²) in [6.45, 7) is 8.41. The molecule has 0 spiro atoms. The molecule has 0 saturated carbocycles. The highest BCUT2D eigenvalue weighted by Gasteiger charge is 2.09. The number of hydrogen-bond donors (Lipinski definition) is 1. The Morgan fingerprint density at radius 3 is 2.67 bits per heavy atom. The largest absolute Gasteiger partial charge is 0.448 e. The van der Waals surface area contributed by atoms with Crippen LogP contribution in [-0.4, -0.2) is 17.0 Å². The Bertz CT molecular complexity index is 293. The molecule has 4 heteroatoms. The van der Waals surface area contributed by atoms with Gasteiger partial charge in [0.1, 0.15) is 5.76 Å². The van der Waals surface area contributed by atoms with Gasteiger partial charge in [0.25, 0.3) is 0 Å². The Balaban J connectivity index is 2.07. The maximum atomic E-state index is 5.66. The van der Waals surface area contributed by atoms with Crippen molar-refractivity contribution in [2.45, 2.75) is 32.1 Å². The van der Waals surface area contributed by atoms with Gasteiger partial charge >= 0.3 is 0 Å². The van der Waals surface area contributed by atoms with Crippen molar-refractivity contribution in [3.63, 3.8) is 0 Å². The molecular formula is C11H18ClNOS. The first kappa shape index (κ1) is 12.9. The van der Waals surface area contributed by atoms with Gasteiger partial charge in [0.15, 0.2) is 5.22 Å². The fourth-order valence-electron chi connectivity index (χ4n) is 1.09. The van der Waals surface area contributed by atoms with Crippen LogP contribution in [-0.2, 0) is 6.54 Å². The smallest absolute Gasteiger partial charge is 0.193 e. The second-order valence-electron chi connectivity index (χ2n) is 4.34. The van der Waals surface area contributed by atoms with E-state index in [0.29, 0.717) is 9.97 Å². The summed E-state index contributed by atoms with van der Waals surface area (Å²) in [5, 5.41) is 3.77. The summed E-state index contributed by atoms with van der Waals surface area (Å²) in [6, 6.07) is 3.66. The monoisotopic (exact) mass is 247 g/mol. The molecule has 0 aromatic carbocycles. The minimum absolute atomic E-state index is 0.343. The van der Waals surface area contributed by atoms with Crippen LogP contribution in [0.3, 0.4) is 0 Å². The molecule has 1 heterocycles. The van der Waals surface area contributed by atoms with Crippen LogP contribution in [0.1, 0.15) is 26.5 Å². The molecule has 0 saturated heterocycles. The van der Waals surface area contributed by atoms with Crippen LogP contribution in [0.15, 0.2) is 16.5 Å². The van der Waals surface area contributed by atoms with Crippen molar-refractivity contribution in [3.8, 4) is 0 Å². The van der Waals surface area contributed by atoms with Gasteiger partial charge in [-0.25, -0.2) is 0 Å². The lowest BCUT2D eigenvalue weighted by Gasteiger charge is -2.17. The van der Waals surface area contributed by atoms with E-state index in [-0.39, 0.29) is 0 Å². The maximum absolute atomic E-state index is 5.66. The standard InChI is InChI=1S/C11H18ClNOS/c1-11(2,3)15-7-6-13-8-9-4-5-10(12)14-9/h4-5,13H,6-8H2,1-3H3. The fourth-order valence-corrected chi connectivity index (χ4v) is 2.11. The number of rotatable bonds is 5. The van der Waals surface area contributed by atoms with Crippen molar-refractivity contribution in [3.05, 3.63) is 23.1 Å². The molecule has 0 radical (unpaired) electrons. The highest BCUT2D eigenvalue weighted by atomic mass is 35.5. The summed E-state index contributed by atoms with van der Waals surface area (Å²) in [5.74, 6) is 2.00. The summed E-state index contributed by atoms with van der Waals surface area (Å²) in [6.07, 6.45) is 0. The van der Waals surface area contributed by atoms with Gasteiger partial charge in [-0.05, 0) is 23.7 Å². The summed E-state index contributed by atoms with van der Waals surface area (Å²) in [4.78, 5) is 0. The quantitative estimate of drug-likeness (QED) is 0.806. The van der Waals surface area contributed by atoms with E-state index in [9.17, 15) is 0 Å². The Morgan fingerprint density at radius 2 is 2.13 bits per heavy atom. The molecular weight excluding hydrogens is 230 g/mol. The van der Waals surface area contributed by atoms with Crippen LogP contribution >= 0.6 is 23.4 Å².